The second-order valence-corrected chi connectivity index (χ2v) is 5.28. The van der Waals surface area contributed by atoms with E-state index in [2.05, 4.69) is 0 Å². The van der Waals surface area contributed by atoms with E-state index in [1.165, 1.54) is 20.8 Å². The quantitative estimate of drug-likeness (QED) is 0.418. The molecule has 0 amide bonds. The Labute approximate surface area is 88.3 Å². The minimum absolute atomic E-state index is 0.312. The molecule has 0 bridgehead atoms. The first-order valence-corrected chi connectivity index (χ1v) is 5.07. The fraction of sp³-hybridized carbons (Fsp3) is 1.00. The van der Waals surface area contributed by atoms with E-state index in [0.29, 0.717) is 0 Å². The Hall–Kier alpha value is -0.200. The summed E-state index contributed by atoms with van der Waals surface area (Å²) < 4.78 is 5.21. The summed E-state index contributed by atoms with van der Waals surface area (Å²) in [7, 11) is 0. The molecule has 1 aliphatic heterocycles. The van der Waals surface area contributed by atoms with Gasteiger partial charge in [0.25, 0.3) is 0 Å². The lowest BCUT2D eigenvalue weighted by molar-refractivity contribution is -0.380. The van der Waals surface area contributed by atoms with Crippen LogP contribution in [0.3, 0.4) is 0 Å². The number of aliphatic hydroxyl groups is 4. The summed E-state index contributed by atoms with van der Waals surface area (Å²) in [5, 5.41) is 40.5. The molecule has 0 spiro atoms. The van der Waals surface area contributed by atoms with Crippen molar-refractivity contribution in [2.75, 3.05) is 0 Å². The van der Waals surface area contributed by atoms with Crippen LogP contribution < -0.4 is 0 Å². The molecule has 6 atom stereocenters. The number of hydrogen-bond acceptors (Lipinski definition) is 5. The minimum Gasteiger partial charge on any atom is -0.384 e. The van der Waals surface area contributed by atoms with Crippen molar-refractivity contribution in [3.8, 4) is 0 Å². The zero-order valence-electron chi connectivity index (χ0n) is 9.35. The lowest BCUT2D eigenvalue weighted by atomic mass is 9.72. The van der Waals surface area contributed by atoms with E-state index < -0.39 is 28.7 Å². The van der Waals surface area contributed by atoms with Gasteiger partial charge in [0.2, 0.25) is 0 Å². The first-order chi connectivity index (χ1) is 6.50. The summed E-state index contributed by atoms with van der Waals surface area (Å²) in [5.41, 5.74) is -5.24. The Bertz CT molecular complexity index is 309. The van der Waals surface area contributed by atoms with Crippen LogP contribution >= 0.6 is 0 Å². The predicted molar refractivity (Wildman–Crippen MR) is 50.9 cm³/mol. The molecule has 1 aliphatic carbocycles. The van der Waals surface area contributed by atoms with Crippen LogP contribution in [0.25, 0.3) is 0 Å². The molecular formula is C10H18O5. The Morgan fingerprint density at radius 3 is 1.87 bits per heavy atom. The standard InChI is InChI=1S/C10H18O5/c1-5-6-10(5,14)8(3,12)7(2,11)9(4,13)15-6/h5-6,11-14H,1-4H3/t5?,6?,7?,8?,9-,10-/m1/s1. The highest BCUT2D eigenvalue weighted by Gasteiger charge is 2.83. The van der Waals surface area contributed by atoms with Gasteiger partial charge in [0.1, 0.15) is 16.8 Å². The molecule has 5 heteroatoms. The smallest absolute Gasteiger partial charge is 0.195 e. The van der Waals surface area contributed by atoms with Crippen LogP contribution in [-0.4, -0.2) is 49.1 Å². The van der Waals surface area contributed by atoms with Gasteiger partial charge in [-0.3, -0.25) is 0 Å². The predicted octanol–water partition coefficient (Wildman–Crippen LogP) is -1.02. The summed E-state index contributed by atoms with van der Waals surface area (Å²) in [5.74, 6) is -2.19. The average molecular weight is 218 g/mol. The first-order valence-electron chi connectivity index (χ1n) is 5.07. The van der Waals surface area contributed by atoms with Crippen molar-refractivity contribution >= 4 is 0 Å². The lowest BCUT2D eigenvalue weighted by Gasteiger charge is -2.52. The molecule has 1 saturated carbocycles. The molecule has 0 radical (unpaired) electrons. The molecule has 1 heterocycles. The van der Waals surface area contributed by atoms with E-state index >= 15 is 0 Å². The molecular weight excluding hydrogens is 200 g/mol. The Kier molecular flexibility index (Phi) is 1.79. The third-order valence-electron chi connectivity index (χ3n) is 4.46. The van der Waals surface area contributed by atoms with E-state index in [1.807, 2.05) is 0 Å². The van der Waals surface area contributed by atoms with Crippen LogP contribution in [0, 0.1) is 5.92 Å². The van der Waals surface area contributed by atoms with Crippen LogP contribution in [0.15, 0.2) is 0 Å². The second kappa shape index (κ2) is 2.38. The molecule has 1 saturated heterocycles. The molecule has 0 aromatic heterocycles. The topological polar surface area (TPSA) is 90.2 Å². The summed E-state index contributed by atoms with van der Waals surface area (Å²) in [4.78, 5) is 0. The average Bonchev–Trinajstić information content (AvgIpc) is 2.56. The van der Waals surface area contributed by atoms with Crippen molar-refractivity contribution in [1.29, 1.82) is 0 Å². The van der Waals surface area contributed by atoms with Gasteiger partial charge in [-0.15, -0.1) is 0 Å². The van der Waals surface area contributed by atoms with Crippen LogP contribution in [0.2, 0.25) is 0 Å². The summed E-state index contributed by atoms with van der Waals surface area (Å²) in [6.07, 6.45) is -0.636. The third kappa shape index (κ3) is 0.916. The fourth-order valence-corrected chi connectivity index (χ4v) is 2.62. The second-order valence-electron chi connectivity index (χ2n) is 5.28. The molecule has 0 aromatic rings. The maximum Gasteiger partial charge on any atom is 0.195 e. The van der Waals surface area contributed by atoms with Crippen LogP contribution in [0.5, 0.6) is 0 Å². The van der Waals surface area contributed by atoms with E-state index in [-0.39, 0.29) is 5.92 Å². The number of rotatable bonds is 0. The minimum atomic E-state index is -1.93. The zero-order valence-corrected chi connectivity index (χ0v) is 9.35. The van der Waals surface area contributed by atoms with Crippen LogP contribution in [0.1, 0.15) is 27.7 Å². The van der Waals surface area contributed by atoms with Gasteiger partial charge in [-0.25, -0.2) is 0 Å². The van der Waals surface area contributed by atoms with Gasteiger partial charge in [0.05, 0.1) is 6.10 Å². The highest BCUT2D eigenvalue weighted by atomic mass is 16.7. The van der Waals surface area contributed by atoms with E-state index in [0.717, 1.165) is 0 Å². The van der Waals surface area contributed by atoms with Gasteiger partial charge < -0.3 is 25.2 Å². The van der Waals surface area contributed by atoms with E-state index in [1.54, 1.807) is 6.92 Å². The molecule has 0 aromatic carbocycles. The van der Waals surface area contributed by atoms with Gasteiger partial charge >= 0.3 is 0 Å². The molecule has 4 unspecified atom stereocenters. The highest BCUT2D eigenvalue weighted by molar-refractivity contribution is 5.30. The molecule has 5 nitrogen and oxygen atoms in total. The van der Waals surface area contributed by atoms with Gasteiger partial charge in [-0.05, 0) is 20.8 Å². The molecule has 4 N–H and O–H groups in total. The van der Waals surface area contributed by atoms with Gasteiger partial charge in [0.15, 0.2) is 5.79 Å². The Morgan fingerprint density at radius 2 is 1.40 bits per heavy atom. The van der Waals surface area contributed by atoms with Crippen molar-refractivity contribution in [3.05, 3.63) is 0 Å². The van der Waals surface area contributed by atoms with Crippen LogP contribution in [0.4, 0.5) is 0 Å². The summed E-state index contributed by atoms with van der Waals surface area (Å²) in [6, 6.07) is 0. The van der Waals surface area contributed by atoms with E-state index in [9.17, 15) is 20.4 Å². The third-order valence-corrected chi connectivity index (χ3v) is 4.46. The van der Waals surface area contributed by atoms with Crippen molar-refractivity contribution in [2.24, 2.45) is 5.92 Å². The van der Waals surface area contributed by atoms with Crippen molar-refractivity contribution in [3.63, 3.8) is 0 Å². The van der Waals surface area contributed by atoms with E-state index in [4.69, 9.17) is 4.74 Å². The van der Waals surface area contributed by atoms with Gasteiger partial charge in [-0.1, -0.05) is 6.92 Å². The summed E-state index contributed by atoms with van der Waals surface area (Å²) in [6.45, 7) is 5.56. The number of fused-ring (bicyclic) bond motifs is 1. The first kappa shape index (κ1) is 11.3. The Morgan fingerprint density at radius 1 is 0.933 bits per heavy atom. The molecule has 88 valence electrons. The monoisotopic (exact) mass is 218 g/mol. The molecule has 2 aliphatic rings. The normalized spacial score (nSPS) is 68.8. The maximum absolute atomic E-state index is 10.2. The van der Waals surface area contributed by atoms with Gasteiger partial charge in [-0.2, -0.15) is 0 Å². The lowest BCUT2D eigenvalue weighted by Crippen LogP contribution is -2.74. The fourth-order valence-electron chi connectivity index (χ4n) is 2.62. The molecule has 2 rings (SSSR count). The number of ether oxygens (including phenoxy) is 1. The summed E-state index contributed by atoms with van der Waals surface area (Å²) >= 11 is 0. The largest absolute Gasteiger partial charge is 0.384 e. The maximum atomic E-state index is 10.2. The highest BCUT2D eigenvalue weighted by Crippen LogP contribution is 2.62. The van der Waals surface area contributed by atoms with Crippen LogP contribution in [-0.2, 0) is 4.74 Å². The van der Waals surface area contributed by atoms with Gasteiger partial charge in [0, 0.05) is 5.92 Å². The molecule has 2 fully saturated rings. The van der Waals surface area contributed by atoms with Crippen molar-refractivity contribution in [2.45, 2.75) is 56.4 Å². The van der Waals surface area contributed by atoms with Crippen molar-refractivity contribution in [1.82, 2.24) is 0 Å². The molecule has 15 heavy (non-hydrogen) atoms. The zero-order chi connectivity index (χ0) is 11.9. The SMILES string of the molecule is CC1C2O[C@@](C)(O)C(C)(O)C(C)(O)[C@@]12O. The van der Waals surface area contributed by atoms with Crippen molar-refractivity contribution < 1.29 is 25.2 Å². The Balaban J connectivity index is 2.50. The number of hydrogen-bond donors (Lipinski definition) is 4.